The molecule has 0 atom stereocenters. The Labute approximate surface area is 187 Å². The van der Waals surface area contributed by atoms with Crippen LogP contribution >= 0.6 is 34.2 Å². The number of hydrogen-bond acceptors (Lipinski definition) is 5. The molecular formula is C21H18ClIN2O4. The quantitative estimate of drug-likeness (QED) is 0.247. The summed E-state index contributed by atoms with van der Waals surface area (Å²) < 4.78 is 17.6. The van der Waals surface area contributed by atoms with E-state index in [1.165, 1.54) is 12.5 Å². The molecule has 1 N–H and O–H groups in total. The number of amides is 1. The molecule has 2 aromatic carbocycles. The van der Waals surface area contributed by atoms with Gasteiger partial charge in [0.25, 0.3) is 0 Å². The standard InChI is InChI=1S/C21H18ClIN2O4/c1-2-27-19-11-15(12-24-25-21(26)18-4-3-9-28-18)10-17(23)20(19)29-13-14-5-7-16(22)8-6-14/h3-12H,2,13H2,1H3,(H,25,26)/b24-12+. The fourth-order valence-electron chi connectivity index (χ4n) is 2.43. The molecule has 6 nitrogen and oxygen atoms in total. The normalized spacial score (nSPS) is 10.9. The number of furan rings is 1. The third kappa shape index (κ3) is 5.98. The van der Waals surface area contributed by atoms with Crippen molar-refractivity contribution in [1.29, 1.82) is 0 Å². The van der Waals surface area contributed by atoms with E-state index in [2.05, 4.69) is 33.1 Å². The summed E-state index contributed by atoms with van der Waals surface area (Å²) in [5.41, 5.74) is 4.18. The van der Waals surface area contributed by atoms with Crippen LogP contribution in [0.4, 0.5) is 0 Å². The highest BCUT2D eigenvalue weighted by Crippen LogP contribution is 2.34. The van der Waals surface area contributed by atoms with Crippen LogP contribution in [0.2, 0.25) is 5.02 Å². The molecule has 1 amide bonds. The molecule has 0 aliphatic heterocycles. The molecule has 1 heterocycles. The van der Waals surface area contributed by atoms with Crippen LogP contribution in [0.15, 0.2) is 64.3 Å². The van der Waals surface area contributed by atoms with Gasteiger partial charge in [0, 0.05) is 5.02 Å². The van der Waals surface area contributed by atoms with E-state index in [4.69, 9.17) is 25.5 Å². The molecule has 0 saturated heterocycles. The summed E-state index contributed by atoms with van der Waals surface area (Å²) in [5.74, 6) is 1.03. The molecule has 0 fully saturated rings. The second-order valence-corrected chi connectivity index (χ2v) is 7.45. The predicted octanol–water partition coefficient (Wildman–Crippen LogP) is 5.28. The fourth-order valence-corrected chi connectivity index (χ4v) is 3.34. The van der Waals surface area contributed by atoms with E-state index in [0.29, 0.717) is 29.7 Å². The van der Waals surface area contributed by atoms with Crippen molar-refractivity contribution in [3.05, 3.63) is 80.3 Å². The lowest BCUT2D eigenvalue weighted by molar-refractivity contribution is 0.0927. The van der Waals surface area contributed by atoms with Crippen molar-refractivity contribution < 1.29 is 18.7 Å². The van der Waals surface area contributed by atoms with Crippen molar-refractivity contribution in [2.24, 2.45) is 5.10 Å². The van der Waals surface area contributed by atoms with Gasteiger partial charge in [0.05, 0.1) is 22.7 Å². The third-order valence-electron chi connectivity index (χ3n) is 3.75. The molecule has 150 valence electrons. The van der Waals surface area contributed by atoms with Gasteiger partial charge in [0.1, 0.15) is 6.61 Å². The van der Waals surface area contributed by atoms with Crippen LogP contribution in [-0.4, -0.2) is 18.7 Å². The maximum Gasteiger partial charge on any atom is 0.307 e. The van der Waals surface area contributed by atoms with Crippen LogP contribution in [0.5, 0.6) is 11.5 Å². The zero-order chi connectivity index (χ0) is 20.6. The Bertz CT molecular complexity index is 989. The smallest absolute Gasteiger partial charge is 0.307 e. The van der Waals surface area contributed by atoms with Crippen LogP contribution in [0.3, 0.4) is 0 Å². The zero-order valence-corrected chi connectivity index (χ0v) is 18.4. The highest BCUT2D eigenvalue weighted by Gasteiger charge is 2.12. The Balaban J connectivity index is 1.72. The second kappa shape index (κ2) is 10.3. The lowest BCUT2D eigenvalue weighted by Crippen LogP contribution is -2.16. The molecule has 0 bridgehead atoms. The molecule has 0 saturated carbocycles. The highest BCUT2D eigenvalue weighted by atomic mass is 127. The molecule has 29 heavy (non-hydrogen) atoms. The van der Waals surface area contributed by atoms with Gasteiger partial charge in [-0.25, -0.2) is 5.43 Å². The first-order valence-corrected chi connectivity index (χ1v) is 10.2. The number of nitrogens with one attached hydrogen (secondary N) is 1. The van der Waals surface area contributed by atoms with Crippen molar-refractivity contribution in [3.63, 3.8) is 0 Å². The Hall–Kier alpha value is -2.52. The van der Waals surface area contributed by atoms with Gasteiger partial charge in [-0.2, -0.15) is 5.10 Å². The minimum atomic E-state index is -0.422. The highest BCUT2D eigenvalue weighted by molar-refractivity contribution is 14.1. The molecule has 0 aliphatic rings. The number of benzene rings is 2. The second-order valence-electron chi connectivity index (χ2n) is 5.85. The monoisotopic (exact) mass is 524 g/mol. The first kappa shape index (κ1) is 21.2. The lowest BCUT2D eigenvalue weighted by atomic mass is 10.2. The molecule has 0 radical (unpaired) electrons. The van der Waals surface area contributed by atoms with E-state index < -0.39 is 5.91 Å². The van der Waals surface area contributed by atoms with E-state index in [0.717, 1.165) is 14.7 Å². The minimum absolute atomic E-state index is 0.192. The van der Waals surface area contributed by atoms with E-state index in [1.54, 1.807) is 12.1 Å². The number of ether oxygens (including phenoxy) is 2. The number of hydrazone groups is 1. The van der Waals surface area contributed by atoms with Crippen LogP contribution in [0, 0.1) is 3.57 Å². The van der Waals surface area contributed by atoms with E-state index in [9.17, 15) is 4.79 Å². The molecular weight excluding hydrogens is 507 g/mol. The van der Waals surface area contributed by atoms with Crippen molar-refractivity contribution >= 4 is 46.3 Å². The number of halogens is 2. The van der Waals surface area contributed by atoms with Crippen LogP contribution in [-0.2, 0) is 6.61 Å². The van der Waals surface area contributed by atoms with Crippen molar-refractivity contribution in [2.45, 2.75) is 13.5 Å². The van der Waals surface area contributed by atoms with Crippen LogP contribution in [0.1, 0.15) is 28.6 Å². The van der Waals surface area contributed by atoms with Crippen molar-refractivity contribution in [1.82, 2.24) is 5.43 Å². The number of rotatable bonds is 8. The van der Waals surface area contributed by atoms with Gasteiger partial charge >= 0.3 is 5.91 Å². The summed E-state index contributed by atoms with van der Waals surface area (Å²) in [4.78, 5) is 11.9. The number of nitrogens with zero attached hydrogens (tertiary/aromatic N) is 1. The lowest BCUT2D eigenvalue weighted by Gasteiger charge is -2.14. The maximum absolute atomic E-state index is 11.9. The van der Waals surface area contributed by atoms with E-state index >= 15 is 0 Å². The first-order chi connectivity index (χ1) is 14.1. The van der Waals surface area contributed by atoms with Crippen molar-refractivity contribution in [3.8, 4) is 11.5 Å². The Morgan fingerprint density at radius 2 is 2.03 bits per heavy atom. The molecule has 0 spiro atoms. The average molecular weight is 525 g/mol. The number of hydrogen-bond donors (Lipinski definition) is 1. The van der Waals surface area contributed by atoms with Gasteiger partial charge in [-0.3, -0.25) is 4.79 Å². The molecule has 1 aromatic heterocycles. The summed E-state index contributed by atoms with van der Waals surface area (Å²) in [6.45, 7) is 2.78. The Morgan fingerprint density at radius 1 is 1.24 bits per heavy atom. The van der Waals surface area contributed by atoms with Gasteiger partial charge in [0.2, 0.25) is 0 Å². The maximum atomic E-state index is 11.9. The Morgan fingerprint density at radius 3 is 2.72 bits per heavy atom. The third-order valence-corrected chi connectivity index (χ3v) is 4.81. The topological polar surface area (TPSA) is 73.1 Å². The largest absolute Gasteiger partial charge is 0.490 e. The zero-order valence-electron chi connectivity index (χ0n) is 15.5. The predicted molar refractivity (Wildman–Crippen MR) is 120 cm³/mol. The Kier molecular flexibility index (Phi) is 7.54. The van der Waals surface area contributed by atoms with Gasteiger partial charge in [-0.1, -0.05) is 23.7 Å². The van der Waals surface area contributed by atoms with Crippen molar-refractivity contribution in [2.75, 3.05) is 6.61 Å². The van der Waals surface area contributed by atoms with Crippen LogP contribution < -0.4 is 14.9 Å². The van der Waals surface area contributed by atoms with E-state index in [1.807, 2.05) is 43.3 Å². The molecule has 0 aliphatic carbocycles. The molecule has 0 unspecified atom stereocenters. The summed E-state index contributed by atoms with van der Waals surface area (Å²) in [6, 6.07) is 14.4. The van der Waals surface area contributed by atoms with Gasteiger partial charge in [-0.15, -0.1) is 0 Å². The summed E-state index contributed by atoms with van der Waals surface area (Å²) in [7, 11) is 0. The SMILES string of the molecule is CCOc1cc(/C=N/NC(=O)c2ccco2)cc(I)c1OCc1ccc(Cl)cc1. The summed E-state index contributed by atoms with van der Waals surface area (Å²) in [6.07, 6.45) is 2.96. The molecule has 3 rings (SSSR count). The van der Waals surface area contributed by atoms with Crippen LogP contribution in [0.25, 0.3) is 0 Å². The number of carbonyl (C=O) groups is 1. The summed E-state index contributed by atoms with van der Waals surface area (Å²) >= 11 is 8.11. The first-order valence-electron chi connectivity index (χ1n) is 8.77. The molecule has 8 heteroatoms. The van der Waals surface area contributed by atoms with Gasteiger partial charge in [-0.05, 0) is 77.0 Å². The van der Waals surface area contributed by atoms with Gasteiger partial charge < -0.3 is 13.9 Å². The minimum Gasteiger partial charge on any atom is -0.490 e. The summed E-state index contributed by atoms with van der Waals surface area (Å²) in [5, 5.41) is 4.66. The number of carbonyl (C=O) groups excluding carboxylic acids is 1. The fraction of sp³-hybridized carbons (Fsp3) is 0.143. The average Bonchev–Trinajstić information content (AvgIpc) is 3.24. The molecule has 3 aromatic rings. The van der Waals surface area contributed by atoms with Gasteiger partial charge in [0.15, 0.2) is 17.3 Å². The van der Waals surface area contributed by atoms with E-state index in [-0.39, 0.29) is 5.76 Å².